The van der Waals surface area contributed by atoms with Gasteiger partial charge in [0.15, 0.2) is 0 Å². The molecule has 22 heavy (non-hydrogen) atoms. The standard InChI is InChI=1S/C15H17N3O3S/c1-18(2)22(20,21)13-8-6-12(7-9-13)11-15(19)17-14-5-3-4-10-16-14/h3-10H,11H2,1-2H3,(H,16,17,19). The third-order valence-electron chi connectivity index (χ3n) is 3.00. The largest absolute Gasteiger partial charge is 0.310 e. The number of sulfonamides is 1. The highest BCUT2D eigenvalue weighted by Gasteiger charge is 2.16. The summed E-state index contributed by atoms with van der Waals surface area (Å²) in [5, 5.41) is 2.68. The molecule has 116 valence electrons. The third-order valence-corrected chi connectivity index (χ3v) is 4.83. The topological polar surface area (TPSA) is 79.4 Å². The molecule has 0 spiro atoms. The van der Waals surface area contributed by atoms with Gasteiger partial charge in [0.25, 0.3) is 0 Å². The normalized spacial score (nSPS) is 11.4. The van der Waals surface area contributed by atoms with Crippen molar-refractivity contribution in [1.82, 2.24) is 9.29 Å². The van der Waals surface area contributed by atoms with Gasteiger partial charge >= 0.3 is 0 Å². The first-order chi connectivity index (χ1) is 10.4. The molecule has 6 nitrogen and oxygen atoms in total. The van der Waals surface area contributed by atoms with E-state index in [0.717, 1.165) is 9.87 Å². The molecule has 2 rings (SSSR count). The van der Waals surface area contributed by atoms with Gasteiger partial charge in [-0.15, -0.1) is 0 Å². The maximum absolute atomic E-state index is 11.9. The molecule has 2 aromatic rings. The van der Waals surface area contributed by atoms with Crippen molar-refractivity contribution in [3.63, 3.8) is 0 Å². The Labute approximate surface area is 129 Å². The summed E-state index contributed by atoms with van der Waals surface area (Å²) in [5.74, 6) is 0.279. The van der Waals surface area contributed by atoms with Gasteiger partial charge in [-0.25, -0.2) is 17.7 Å². The Balaban J connectivity index is 2.04. The van der Waals surface area contributed by atoms with Crippen LogP contribution in [0.3, 0.4) is 0 Å². The molecule has 1 amide bonds. The van der Waals surface area contributed by atoms with Crippen LogP contribution in [0.25, 0.3) is 0 Å². The van der Waals surface area contributed by atoms with E-state index in [4.69, 9.17) is 0 Å². The molecule has 1 N–H and O–H groups in total. The summed E-state index contributed by atoms with van der Waals surface area (Å²) in [4.78, 5) is 16.1. The SMILES string of the molecule is CN(C)S(=O)(=O)c1ccc(CC(=O)Nc2ccccn2)cc1. The molecule has 0 aliphatic rings. The number of aromatic nitrogens is 1. The maximum atomic E-state index is 11.9. The summed E-state index contributed by atoms with van der Waals surface area (Å²) in [5.41, 5.74) is 0.728. The molecule has 0 saturated heterocycles. The van der Waals surface area contributed by atoms with Crippen LogP contribution < -0.4 is 5.32 Å². The first-order valence-corrected chi connectivity index (χ1v) is 8.06. The van der Waals surface area contributed by atoms with Crippen LogP contribution in [-0.4, -0.2) is 37.7 Å². The number of rotatable bonds is 5. The summed E-state index contributed by atoms with van der Waals surface area (Å²) in [6.45, 7) is 0. The second-order valence-electron chi connectivity index (χ2n) is 4.87. The molecule has 1 aromatic carbocycles. The molecule has 0 unspecified atom stereocenters. The number of hydrogen-bond acceptors (Lipinski definition) is 4. The van der Waals surface area contributed by atoms with E-state index in [0.29, 0.717) is 5.82 Å². The number of anilines is 1. The number of nitrogens with one attached hydrogen (secondary N) is 1. The van der Waals surface area contributed by atoms with Gasteiger partial charge < -0.3 is 5.32 Å². The van der Waals surface area contributed by atoms with Crippen LogP contribution in [0.2, 0.25) is 0 Å². The Bertz CT molecular complexity index is 741. The molecule has 0 atom stereocenters. The fourth-order valence-corrected chi connectivity index (χ4v) is 2.70. The summed E-state index contributed by atoms with van der Waals surface area (Å²) in [6, 6.07) is 11.5. The zero-order chi connectivity index (χ0) is 16.2. The highest BCUT2D eigenvalue weighted by atomic mass is 32.2. The van der Waals surface area contributed by atoms with Crippen LogP contribution in [0.4, 0.5) is 5.82 Å². The van der Waals surface area contributed by atoms with Crippen LogP contribution in [0.15, 0.2) is 53.6 Å². The Hall–Kier alpha value is -2.25. The molecule has 0 fully saturated rings. The van der Waals surface area contributed by atoms with Crippen molar-refractivity contribution in [2.45, 2.75) is 11.3 Å². The maximum Gasteiger partial charge on any atom is 0.242 e. The zero-order valence-electron chi connectivity index (χ0n) is 12.4. The van der Waals surface area contributed by atoms with Crippen molar-refractivity contribution >= 4 is 21.7 Å². The van der Waals surface area contributed by atoms with Crippen molar-refractivity contribution in [2.75, 3.05) is 19.4 Å². The van der Waals surface area contributed by atoms with Crippen molar-refractivity contribution in [3.8, 4) is 0 Å². The van der Waals surface area contributed by atoms with Crippen molar-refractivity contribution in [3.05, 3.63) is 54.2 Å². The lowest BCUT2D eigenvalue weighted by Crippen LogP contribution is -2.22. The predicted molar refractivity (Wildman–Crippen MR) is 83.9 cm³/mol. The monoisotopic (exact) mass is 319 g/mol. The number of amides is 1. The number of nitrogens with zero attached hydrogens (tertiary/aromatic N) is 2. The Morgan fingerprint density at radius 3 is 2.36 bits per heavy atom. The average molecular weight is 319 g/mol. The quantitative estimate of drug-likeness (QED) is 0.906. The molecule has 0 bridgehead atoms. The second kappa shape index (κ2) is 6.67. The van der Waals surface area contributed by atoms with Crippen molar-refractivity contribution < 1.29 is 13.2 Å². The second-order valence-corrected chi connectivity index (χ2v) is 7.02. The highest BCUT2D eigenvalue weighted by Crippen LogP contribution is 2.14. The number of carbonyl (C=O) groups is 1. The molecule has 0 aliphatic carbocycles. The summed E-state index contributed by atoms with van der Waals surface area (Å²) >= 11 is 0. The van der Waals surface area contributed by atoms with E-state index in [-0.39, 0.29) is 17.2 Å². The van der Waals surface area contributed by atoms with Crippen LogP contribution in [0.1, 0.15) is 5.56 Å². The molecule has 0 radical (unpaired) electrons. The zero-order valence-corrected chi connectivity index (χ0v) is 13.2. The Morgan fingerprint density at radius 2 is 1.82 bits per heavy atom. The van der Waals surface area contributed by atoms with Gasteiger partial charge in [0, 0.05) is 20.3 Å². The van der Waals surface area contributed by atoms with E-state index < -0.39 is 10.0 Å². The fraction of sp³-hybridized carbons (Fsp3) is 0.200. The molecule has 1 aromatic heterocycles. The van der Waals surface area contributed by atoms with E-state index in [1.54, 1.807) is 36.5 Å². The van der Waals surface area contributed by atoms with Gasteiger partial charge in [-0.3, -0.25) is 4.79 Å². The van der Waals surface area contributed by atoms with Crippen LogP contribution in [0, 0.1) is 0 Å². The molecule has 0 aliphatic heterocycles. The lowest BCUT2D eigenvalue weighted by molar-refractivity contribution is -0.115. The first kappa shape index (κ1) is 16.1. The average Bonchev–Trinajstić information content (AvgIpc) is 2.48. The van der Waals surface area contributed by atoms with Gasteiger partial charge in [0.05, 0.1) is 11.3 Å². The number of hydrogen-bond donors (Lipinski definition) is 1. The van der Waals surface area contributed by atoms with Crippen molar-refractivity contribution in [2.24, 2.45) is 0 Å². The fourth-order valence-electron chi connectivity index (χ4n) is 1.80. The minimum atomic E-state index is -3.45. The molecule has 0 saturated carbocycles. The minimum Gasteiger partial charge on any atom is -0.310 e. The minimum absolute atomic E-state index is 0.152. The van der Waals surface area contributed by atoms with Gasteiger partial charge in [-0.05, 0) is 29.8 Å². The summed E-state index contributed by atoms with van der Waals surface area (Å²) in [7, 11) is -0.496. The first-order valence-electron chi connectivity index (χ1n) is 6.62. The number of pyridine rings is 1. The molecule has 7 heteroatoms. The van der Waals surface area contributed by atoms with E-state index in [1.165, 1.54) is 26.2 Å². The van der Waals surface area contributed by atoms with Gasteiger partial charge in [0.2, 0.25) is 15.9 Å². The van der Waals surface area contributed by atoms with Crippen LogP contribution >= 0.6 is 0 Å². The van der Waals surface area contributed by atoms with Gasteiger partial charge in [-0.2, -0.15) is 0 Å². The van der Waals surface area contributed by atoms with Gasteiger partial charge in [0.1, 0.15) is 5.82 Å². The predicted octanol–water partition coefficient (Wildman–Crippen LogP) is 1.51. The Morgan fingerprint density at radius 1 is 1.14 bits per heavy atom. The van der Waals surface area contributed by atoms with E-state index >= 15 is 0 Å². The number of benzene rings is 1. The summed E-state index contributed by atoms with van der Waals surface area (Å²) in [6.07, 6.45) is 1.75. The van der Waals surface area contributed by atoms with E-state index in [2.05, 4.69) is 10.3 Å². The number of carbonyl (C=O) groups excluding carboxylic acids is 1. The highest BCUT2D eigenvalue weighted by molar-refractivity contribution is 7.89. The molecular weight excluding hydrogens is 302 g/mol. The smallest absolute Gasteiger partial charge is 0.242 e. The lowest BCUT2D eigenvalue weighted by Gasteiger charge is -2.11. The third kappa shape index (κ3) is 3.90. The van der Waals surface area contributed by atoms with Crippen LogP contribution in [0.5, 0.6) is 0 Å². The molecule has 1 heterocycles. The molecular formula is C15H17N3O3S. The lowest BCUT2D eigenvalue weighted by atomic mass is 10.1. The van der Waals surface area contributed by atoms with Crippen LogP contribution in [-0.2, 0) is 21.2 Å². The van der Waals surface area contributed by atoms with E-state index in [1.807, 2.05) is 0 Å². The van der Waals surface area contributed by atoms with Crippen molar-refractivity contribution in [1.29, 1.82) is 0 Å². The summed E-state index contributed by atoms with van der Waals surface area (Å²) < 4.78 is 25.0. The van der Waals surface area contributed by atoms with Gasteiger partial charge in [-0.1, -0.05) is 18.2 Å². The Kier molecular flexibility index (Phi) is 4.89. The van der Waals surface area contributed by atoms with E-state index in [9.17, 15) is 13.2 Å².